The molecule has 22 heavy (non-hydrogen) atoms. The lowest BCUT2D eigenvalue weighted by molar-refractivity contribution is 0.171. The van der Waals surface area contributed by atoms with E-state index in [2.05, 4.69) is 44.2 Å². The van der Waals surface area contributed by atoms with Gasteiger partial charge >= 0.3 is 0 Å². The fourth-order valence-electron chi connectivity index (χ4n) is 3.12. The van der Waals surface area contributed by atoms with Crippen LogP contribution in [0.2, 0.25) is 0 Å². The van der Waals surface area contributed by atoms with Crippen LogP contribution >= 0.6 is 0 Å². The molecular weight excluding hydrogens is 274 g/mol. The normalized spacial score (nSPS) is 14.7. The second-order valence-corrected chi connectivity index (χ2v) is 6.04. The van der Waals surface area contributed by atoms with Gasteiger partial charge in [0.1, 0.15) is 13.2 Å². The molecule has 0 radical (unpaired) electrons. The highest BCUT2D eigenvalue weighted by molar-refractivity contribution is 5.45. The zero-order valence-corrected chi connectivity index (χ0v) is 13.3. The van der Waals surface area contributed by atoms with Crippen molar-refractivity contribution in [3.8, 4) is 11.5 Å². The van der Waals surface area contributed by atoms with Gasteiger partial charge in [0.05, 0.1) is 0 Å². The Morgan fingerprint density at radius 3 is 2.32 bits per heavy atom. The largest absolute Gasteiger partial charge is 0.486 e. The second kappa shape index (κ2) is 6.41. The highest BCUT2D eigenvalue weighted by atomic mass is 16.6. The Morgan fingerprint density at radius 1 is 0.955 bits per heavy atom. The van der Waals surface area contributed by atoms with Gasteiger partial charge < -0.3 is 15.2 Å². The van der Waals surface area contributed by atoms with Crippen LogP contribution in [0.15, 0.2) is 36.4 Å². The first-order valence-corrected chi connectivity index (χ1v) is 7.82. The first kappa shape index (κ1) is 14.9. The number of hydrogen-bond acceptors (Lipinski definition) is 3. The third-order valence-corrected chi connectivity index (χ3v) is 4.09. The van der Waals surface area contributed by atoms with Gasteiger partial charge in [-0.25, -0.2) is 0 Å². The number of rotatable bonds is 4. The molecule has 1 aliphatic rings. The van der Waals surface area contributed by atoms with E-state index in [1.807, 2.05) is 6.07 Å². The summed E-state index contributed by atoms with van der Waals surface area (Å²) in [4.78, 5) is 0. The molecular formula is C19H23NO2. The van der Waals surface area contributed by atoms with Crippen LogP contribution in [-0.2, 0) is 6.42 Å². The Labute approximate surface area is 132 Å². The standard InChI is InChI=1S/C19H23NO2/c1-13-7-14(2)9-15(8-13)10-17(12-20)16-3-4-18-19(11-16)22-6-5-21-18/h3-4,7-9,11,17H,5-6,10,12,20H2,1-2H3. The minimum absolute atomic E-state index is 0.289. The van der Waals surface area contributed by atoms with Crippen LogP contribution in [0.3, 0.4) is 0 Å². The molecule has 3 rings (SSSR count). The number of nitrogens with two attached hydrogens (primary N) is 1. The van der Waals surface area contributed by atoms with Crippen molar-refractivity contribution < 1.29 is 9.47 Å². The predicted octanol–water partition coefficient (Wildman–Crippen LogP) is 3.36. The first-order valence-electron chi connectivity index (χ1n) is 7.82. The molecule has 0 fully saturated rings. The van der Waals surface area contributed by atoms with E-state index in [0.717, 1.165) is 17.9 Å². The SMILES string of the molecule is Cc1cc(C)cc(CC(CN)c2ccc3c(c2)OCCO3)c1. The van der Waals surface area contributed by atoms with Crippen molar-refractivity contribution in [1.82, 2.24) is 0 Å². The molecule has 2 N–H and O–H groups in total. The molecule has 0 amide bonds. The molecule has 2 aromatic carbocycles. The maximum absolute atomic E-state index is 6.03. The van der Waals surface area contributed by atoms with Crippen molar-refractivity contribution in [2.75, 3.05) is 19.8 Å². The Hall–Kier alpha value is -2.00. The molecule has 0 saturated heterocycles. The number of aryl methyl sites for hydroxylation is 2. The monoisotopic (exact) mass is 297 g/mol. The summed E-state index contributed by atoms with van der Waals surface area (Å²) in [6.45, 7) is 6.12. The molecule has 0 saturated carbocycles. The Kier molecular flexibility index (Phi) is 4.34. The fourth-order valence-corrected chi connectivity index (χ4v) is 3.12. The minimum Gasteiger partial charge on any atom is -0.486 e. The zero-order chi connectivity index (χ0) is 15.5. The van der Waals surface area contributed by atoms with E-state index >= 15 is 0 Å². The first-order chi connectivity index (χ1) is 10.7. The molecule has 1 unspecified atom stereocenters. The van der Waals surface area contributed by atoms with Crippen molar-refractivity contribution in [1.29, 1.82) is 0 Å². The van der Waals surface area contributed by atoms with Crippen LogP contribution in [0.5, 0.6) is 11.5 Å². The highest BCUT2D eigenvalue weighted by Gasteiger charge is 2.17. The average Bonchev–Trinajstić information content (AvgIpc) is 2.51. The maximum Gasteiger partial charge on any atom is 0.161 e. The summed E-state index contributed by atoms with van der Waals surface area (Å²) in [5.74, 6) is 1.96. The van der Waals surface area contributed by atoms with Gasteiger partial charge in [-0.05, 0) is 50.1 Å². The lowest BCUT2D eigenvalue weighted by Gasteiger charge is -2.22. The number of hydrogen-bond donors (Lipinski definition) is 1. The van der Waals surface area contributed by atoms with Gasteiger partial charge in [0.25, 0.3) is 0 Å². The van der Waals surface area contributed by atoms with E-state index in [-0.39, 0.29) is 5.92 Å². The molecule has 1 atom stereocenters. The summed E-state index contributed by atoms with van der Waals surface area (Å²) in [6, 6.07) is 12.9. The van der Waals surface area contributed by atoms with Gasteiger partial charge in [0, 0.05) is 5.92 Å². The molecule has 0 spiro atoms. The number of benzene rings is 2. The van der Waals surface area contributed by atoms with Crippen molar-refractivity contribution in [3.63, 3.8) is 0 Å². The van der Waals surface area contributed by atoms with Crippen molar-refractivity contribution in [2.24, 2.45) is 5.73 Å². The van der Waals surface area contributed by atoms with E-state index in [1.165, 1.54) is 22.3 Å². The number of ether oxygens (including phenoxy) is 2. The van der Waals surface area contributed by atoms with Crippen LogP contribution in [0, 0.1) is 13.8 Å². The van der Waals surface area contributed by atoms with Gasteiger partial charge in [-0.15, -0.1) is 0 Å². The van der Waals surface area contributed by atoms with Crippen molar-refractivity contribution in [2.45, 2.75) is 26.2 Å². The number of fused-ring (bicyclic) bond motifs is 1. The molecule has 1 heterocycles. The summed E-state index contributed by atoms with van der Waals surface area (Å²) in [5, 5.41) is 0. The summed E-state index contributed by atoms with van der Waals surface area (Å²) >= 11 is 0. The van der Waals surface area contributed by atoms with Crippen molar-refractivity contribution >= 4 is 0 Å². The van der Waals surface area contributed by atoms with Crippen LogP contribution < -0.4 is 15.2 Å². The molecule has 3 heteroatoms. The van der Waals surface area contributed by atoms with Gasteiger partial charge in [-0.1, -0.05) is 35.4 Å². The molecule has 0 aliphatic carbocycles. The third kappa shape index (κ3) is 3.25. The van der Waals surface area contributed by atoms with E-state index in [0.29, 0.717) is 19.8 Å². The average molecular weight is 297 g/mol. The molecule has 116 valence electrons. The van der Waals surface area contributed by atoms with Crippen LogP contribution in [-0.4, -0.2) is 19.8 Å². The van der Waals surface area contributed by atoms with Gasteiger partial charge in [0.2, 0.25) is 0 Å². The predicted molar refractivity (Wildman–Crippen MR) is 88.8 cm³/mol. The molecule has 3 nitrogen and oxygen atoms in total. The Balaban J connectivity index is 1.84. The molecule has 0 bridgehead atoms. The quantitative estimate of drug-likeness (QED) is 0.941. The lowest BCUT2D eigenvalue weighted by Crippen LogP contribution is -2.18. The van der Waals surface area contributed by atoms with Gasteiger partial charge in [-0.3, -0.25) is 0 Å². The summed E-state index contributed by atoms with van der Waals surface area (Å²) in [7, 11) is 0. The maximum atomic E-state index is 6.03. The summed E-state index contributed by atoms with van der Waals surface area (Å²) in [6.07, 6.45) is 0.943. The lowest BCUT2D eigenvalue weighted by atomic mass is 9.90. The van der Waals surface area contributed by atoms with E-state index < -0.39 is 0 Å². The van der Waals surface area contributed by atoms with E-state index in [9.17, 15) is 0 Å². The fraction of sp³-hybridized carbons (Fsp3) is 0.368. The van der Waals surface area contributed by atoms with Crippen LogP contribution in [0.4, 0.5) is 0 Å². The Morgan fingerprint density at radius 2 is 1.64 bits per heavy atom. The van der Waals surface area contributed by atoms with Gasteiger partial charge in [0.15, 0.2) is 11.5 Å². The third-order valence-electron chi connectivity index (χ3n) is 4.09. The minimum atomic E-state index is 0.289. The molecule has 0 aromatic heterocycles. The summed E-state index contributed by atoms with van der Waals surface area (Å²) < 4.78 is 11.3. The molecule has 2 aromatic rings. The Bertz CT molecular complexity index is 646. The van der Waals surface area contributed by atoms with E-state index in [1.54, 1.807) is 0 Å². The van der Waals surface area contributed by atoms with Crippen LogP contribution in [0.1, 0.15) is 28.2 Å². The van der Waals surface area contributed by atoms with E-state index in [4.69, 9.17) is 15.2 Å². The van der Waals surface area contributed by atoms with Crippen molar-refractivity contribution in [3.05, 3.63) is 58.7 Å². The van der Waals surface area contributed by atoms with Crippen LogP contribution in [0.25, 0.3) is 0 Å². The molecule has 1 aliphatic heterocycles. The van der Waals surface area contributed by atoms with Gasteiger partial charge in [-0.2, -0.15) is 0 Å². The second-order valence-electron chi connectivity index (χ2n) is 6.04. The topological polar surface area (TPSA) is 44.5 Å². The highest BCUT2D eigenvalue weighted by Crippen LogP contribution is 2.34. The smallest absolute Gasteiger partial charge is 0.161 e. The zero-order valence-electron chi connectivity index (χ0n) is 13.3. The summed E-state index contributed by atoms with van der Waals surface area (Å²) in [5.41, 5.74) is 11.2.